The van der Waals surface area contributed by atoms with Crippen LogP contribution >= 0.6 is 11.6 Å². The second-order valence-electron chi connectivity index (χ2n) is 4.31. The lowest BCUT2D eigenvalue weighted by atomic mass is 10.1. The van der Waals surface area contributed by atoms with Crippen LogP contribution in [0.15, 0.2) is 36.4 Å². The van der Waals surface area contributed by atoms with Gasteiger partial charge in [0.25, 0.3) is 0 Å². The molecule has 21 heavy (non-hydrogen) atoms. The van der Waals surface area contributed by atoms with Crippen molar-refractivity contribution in [3.63, 3.8) is 0 Å². The third-order valence-corrected chi connectivity index (χ3v) is 3.11. The van der Waals surface area contributed by atoms with E-state index in [1.54, 1.807) is 6.92 Å². The first-order valence-electron chi connectivity index (χ1n) is 5.98. The Morgan fingerprint density at radius 2 is 2.10 bits per heavy atom. The van der Waals surface area contributed by atoms with Crippen LogP contribution in [0.25, 0.3) is 0 Å². The molecule has 5 nitrogen and oxygen atoms in total. The van der Waals surface area contributed by atoms with Crippen molar-refractivity contribution in [2.75, 3.05) is 0 Å². The summed E-state index contributed by atoms with van der Waals surface area (Å²) in [5.74, 6) is -1.19. The van der Waals surface area contributed by atoms with Crippen LogP contribution in [-0.4, -0.2) is 10.0 Å². The van der Waals surface area contributed by atoms with Crippen LogP contribution in [0.5, 0.6) is 11.5 Å². The fraction of sp³-hybridized carbons (Fsp3) is 0.143. The first kappa shape index (κ1) is 15.2. The van der Waals surface area contributed by atoms with Gasteiger partial charge in [0.1, 0.15) is 5.75 Å². The molecule has 0 aromatic heterocycles. The number of nitro benzene ring substituents is 1. The molecule has 0 bridgehead atoms. The van der Waals surface area contributed by atoms with Gasteiger partial charge in [0.05, 0.1) is 16.0 Å². The molecule has 0 saturated heterocycles. The van der Waals surface area contributed by atoms with Gasteiger partial charge < -0.3 is 9.84 Å². The summed E-state index contributed by atoms with van der Waals surface area (Å²) in [6, 6.07) is 7.75. The van der Waals surface area contributed by atoms with E-state index in [1.807, 2.05) is 0 Å². The molecule has 7 heteroatoms. The highest BCUT2D eigenvalue weighted by molar-refractivity contribution is 6.31. The van der Waals surface area contributed by atoms with Crippen molar-refractivity contribution in [3.8, 4) is 11.5 Å². The number of halogens is 2. The molecule has 1 N–H and O–H groups in total. The third-order valence-electron chi connectivity index (χ3n) is 2.78. The fourth-order valence-electron chi connectivity index (χ4n) is 1.77. The number of nitro groups is 1. The molecule has 1 atom stereocenters. The normalized spacial score (nSPS) is 12.0. The Kier molecular flexibility index (Phi) is 4.40. The van der Waals surface area contributed by atoms with Crippen molar-refractivity contribution in [2.24, 2.45) is 0 Å². The summed E-state index contributed by atoms with van der Waals surface area (Å²) >= 11 is 5.97. The number of aliphatic hydroxyl groups excluding tert-OH is 1. The highest BCUT2D eigenvalue weighted by Gasteiger charge is 2.20. The number of para-hydroxylation sites is 1. The number of aliphatic hydroxyl groups is 1. The van der Waals surface area contributed by atoms with Crippen LogP contribution in [0.3, 0.4) is 0 Å². The molecule has 0 aliphatic rings. The number of benzene rings is 2. The molecule has 2 aromatic rings. The van der Waals surface area contributed by atoms with Crippen molar-refractivity contribution in [1.82, 2.24) is 0 Å². The Bertz CT molecular complexity index is 691. The lowest BCUT2D eigenvalue weighted by Gasteiger charge is -2.11. The van der Waals surface area contributed by atoms with Gasteiger partial charge in [-0.2, -0.15) is 0 Å². The van der Waals surface area contributed by atoms with E-state index in [2.05, 4.69) is 0 Å². The summed E-state index contributed by atoms with van der Waals surface area (Å²) in [7, 11) is 0. The maximum absolute atomic E-state index is 13.7. The summed E-state index contributed by atoms with van der Waals surface area (Å²) in [5.41, 5.74) is -0.00206. The van der Waals surface area contributed by atoms with Gasteiger partial charge in [-0.15, -0.1) is 0 Å². The lowest BCUT2D eigenvalue weighted by Crippen LogP contribution is -1.97. The zero-order valence-corrected chi connectivity index (χ0v) is 11.7. The van der Waals surface area contributed by atoms with Gasteiger partial charge in [-0.1, -0.05) is 23.7 Å². The van der Waals surface area contributed by atoms with E-state index < -0.39 is 28.3 Å². The molecule has 0 radical (unpaired) electrons. The molecule has 0 fully saturated rings. The van der Waals surface area contributed by atoms with Crippen molar-refractivity contribution in [2.45, 2.75) is 13.0 Å². The Hall–Kier alpha value is -2.18. The molecule has 0 amide bonds. The maximum atomic E-state index is 13.7. The molecule has 110 valence electrons. The SMILES string of the molecule is CC(O)c1ccc(Oc2c(F)cccc2[N+](=O)[O-])cc1Cl. The summed E-state index contributed by atoms with van der Waals surface area (Å²) in [6.45, 7) is 1.55. The first-order valence-corrected chi connectivity index (χ1v) is 6.36. The third kappa shape index (κ3) is 3.29. The van der Waals surface area contributed by atoms with E-state index >= 15 is 0 Å². The van der Waals surface area contributed by atoms with Gasteiger partial charge in [-0.05, 0) is 30.7 Å². The number of hydrogen-bond donors (Lipinski definition) is 1. The molecule has 0 aliphatic carbocycles. The standard InChI is InChI=1S/C14H11ClFNO4/c1-8(18)10-6-5-9(7-11(10)15)21-14-12(16)3-2-4-13(14)17(19)20/h2-8,18H,1H3. The van der Waals surface area contributed by atoms with Crippen LogP contribution in [0.2, 0.25) is 5.02 Å². The zero-order chi connectivity index (χ0) is 15.6. The number of ether oxygens (including phenoxy) is 1. The molecular formula is C14H11ClFNO4. The predicted octanol–water partition coefficient (Wildman–Crippen LogP) is 4.23. The number of nitrogens with zero attached hydrogens (tertiary/aromatic N) is 1. The second kappa shape index (κ2) is 6.07. The zero-order valence-electron chi connectivity index (χ0n) is 10.9. The summed E-state index contributed by atoms with van der Waals surface area (Å²) in [4.78, 5) is 10.1. The largest absolute Gasteiger partial charge is 0.447 e. The van der Waals surface area contributed by atoms with E-state index in [1.165, 1.54) is 24.3 Å². The van der Waals surface area contributed by atoms with Gasteiger partial charge in [-0.25, -0.2) is 4.39 Å². The topological polar surface area (TPSA) is 72.6 Å². The quantitative estimate of drug-likeness (QED) is 0.677. The Labute approximate surface area is 124 Å². The van der Waals surface area contributed by atoms with Crippen molar-refractivity contribution in [1.29, 1.82) is 0 Å². The summed E-state index contributed by atoms with van der Waals surface area (Å²) < 4.78 is 18.9. The molecular weight excluding hydrogens is 301 g/mol. The lowest BCUT2D eigenvalue weighted by molar-refractivity contribution is -0.385. The average Bonchev–Trinajstić information content (AvgIpc) is 2.40. The predicted molar refractivity (Wildman–Crippen MR) is 75.2 cm³/mol. The maximum Gasteiger partial charge on any atom is 0.314 e. The molecule has 0 saturated carbocycles. The molecule has 0 spiro atoms. The smallest absolute Gasteiger partial charge is 0.314 e. The molecule has 2 rings (SSSR count). The van der Waals surface area contributed by atoms with E-state index in [-0.39, 0.29) is 10.8 Å². The monoisotopic (exact) mass is 311 g/mol. The molecule has 2 aromatic carbocycles. The Balaban J connectivity index is 2.39. The van der Waals surface area contributed by atoms with Gasteiger partial charge in [0.15, 0.2) is 5.82 Å². The van der Waals surface area contributed by atoms with Gasteiger partial charge in [0.2, 0.25) is 5.75 Å². The van der Waals surface area contributed by atoms with Crippen LogP contribution < -0.4 is 4.74 Å². The number of hydrogen-bond acceptors (Lipinski definition) is 4. The highest BCUT2D eigenvalue weighted by atomic mass is 35.5. The van der Waals surface area contributed by atoms with Crippen LogP contribution in [0.4, 0.5) is 10.1 Å². The minimum atomic E-state index is -0.847. The van der Waals surface area contributed by atoms with Crippen molar-refractivity contribution in [3.05, 3.63) is 62.9 Å². The number of rotatable bonds is 4. The van der Waals surface area contributed by atoms with E-state index in [0.29, 0.717) is 5.56 Å². The summed E-state index contributed by atoms with van der Waals surface area (Å²) in [5, 5.41) is 20.6. The molecule has 1 unspecified atom stereocenters. The summed E-state index contributed by atoms with van der Waals surface area (Å²) in [6.07, 6.45) is -0.769. The Morgan fingerprint density at radius 3 is 2.67 bits per heavy atom. The van der Waals surface area contributed by atoms with Gasteiger partial charge in [-0.3, -0.25) is 10.1 Å². The minimum absolute atomic E-state index is 0.137. The molecule has 0 aliphatic heterocycles. The minimum Gasteiger partial charge on any atom is -0.447 e. The van der Waals surface area contributed by atoms with Crippen molar-refractivity contribution < 1.29 is 19.2 Å². The Morgan fingerprint density at radius 1 is 1.38 bits per heavy atom. The van der Waals surface area contributed by atoms with Gasteiger partial charge >= 0.3 is 5.69 Å². The van der Waals surface area contributed by atoms with Crippen molar-refractivity contribution >= 4 is 17.3 Å². The second-order valence-corrected chi connectivity index (χ2v) is 4.71. The van der Waals surface area contributed by atoms with Crippen LogP contribution in [0, 0.1) is 15.9 Å². The van der Waals surface area contributed by atoms with Gasteiger partial charge in [0, 0.05) is 6.07 Å². The highest BCUT2D eigenvalue weighted by Crippen LogP contribution is 2.35. The fourth-order valence-corrected chi connectivity index (χ4v) is 2.10. The van der Waals surface area contributed by atoms with Crippen LogP contribution in [0.1, 0.15) is 18.6 Å². The van der Waals surface area contributed by atoms with E-state index in [9.17, 15) is 19.6 Å². The van der Waals surface area contributed by atoms with E-state index in [0.717, 1.165) is 12.1 Å². The average molecular weight is 312 g/mol. The van der Waals surface area contributed by atoms with Crippen LogP contribution in [-0.2, 0) is 0 Å². The first-order chi connectivity index (χ1) is 9.90. The van der Waals surface area contributed by atoms with E-state index in [4.69, 9.17) is 16.3 Å². The molecule has 0 heterocycles.